The predicted molar refractivity (Wildman–Crippen MR) is 114 cm³/mol. The van der Waals surface area contributed by atoms with Crippen LogP contribution >= 0.6 is 11.6 Å². The summed E-state index contributed by atoms with van der Waals surface area (Å²) in [5, 5.41) is 0.540. The summed E-state index contributed by atoms with van der Waals surface area (Å²) in [7, 11) is -3.68. The zero-order valence-corrected chi connectivity index (χ0v) is 17.7. The molecule has 1 fully saturated rings. The molecule has 0 amide bonds. The topological polar surface area (TPSA) is 72.5 Å². The van der Waals surface area contributed by atoms with Crippen LogP contribution in [0.1, 0.15) is 36.8 Å². The van der Waals surface area contributed by atoms with E-state index in [0.717, 1.165) is 18.4 Å². The van der Waals surface area contributed by atoms with Gasteiger partial charge in [0.25, 0.3) is 0 Å². The van der Waals surface area contributed by atoms with E-state index in [1.807, 2.05) is 19.1 Å². The summed E-state index contributed by atoms with van der Waals surface area (Å²) in [4.78, 5) is 12.5. The van der Waals surface area contributed by atoms with Crippen molar-refractivity contribution >= 4 is 33.7 Å². The summed E-state index contributed by atoms with van der Waals surface area (Å²) in [6.07, 6.45) is 5.41. The highest BCUT2D eigenvalue weighted by Crippen LogP contribution is 2.24. The van der Waals surface area contributed by atoms with Crippen molar-refractivity contribution in [3.8, 4) is 0 Å². The number of benzene rings is 2. The monoisotopic (exact) mass is 433 g/mol. The minimum atomic E-state index is -3.68. The van der Waals surface area contributed by atoms with Gasteiger partial charge in [0.1, 0.15) is 6.10 Å². The molecule has 0 aromatic heterocycles. The molecule has 2 aromatic rings. The van der Waals surface area contributed by atoms with E-state index in [1.165, 1.54) is 6.08 Å². The maximum Gasteiger partial charge on any atom is 0.331 e. The number of halogens is 1. The van der Waals surface area contributed by atoms with Gasteiger partial charge in [-0.15, -0.1) is 0 Å². The third-order valence-electron chi connectivity index (χ3n) is 4.91. The Labute approximate surface area is 176 Å². The van der Waals surface area contributed by atoms with Gasteiger partial charge in [-0.05, 0) is 56.0 Å². The molecule has 0 heterocycles. The second kappa shape index (κ2) is 9.57. The third-order valence-corrected chi connectivity index (χ3v) is 6.76. The fraction of sp³-hybridized carbons (Fsp3) is 0.318. The lowest BCUT2D eigenvalue weighted by Gasteiger charge is -2.31. The van der Waals surface area contributed by atoms with Crippen molar-refractivity contribution in [2.75, 3.05) is 0 Å². The van der Waals surface area contributed by atoms with Crippen LogP contribution in [0.15, 0.2) is 59.5 Å². The number of carbonyl (C=O) groups is 1. The molecule has 29 heavy (non-hydrogen) atoms. The summed E-state index contributed by atoms with van der Waals surface area (Å²) >= 11 is 6.08. The van der Waals surface area contributed by atoms with Crippen LogP contribution in [0.5, 0.6) is 0 Å². The fourth-order valence-electron chi connectivity index (χ4n) is 3.31. The molecular weight excluding hydrogens is 410 g/mol. The van der Waals surface area contributed by atoms with E-state index in [2.05, 4.69) is 4.72 Å². The highest BCUT2D eigenvalue weighted by atomic mass is 35.5. The molecular formula is C22H24ClNO4S. The summed E-state index contributed by atoms with van der Waals surface area (Å²) in [6.45, 7) is 1.90. The Kier molecular flexibility index (Phi) is 7.11. The number of esters is 1. The van der Waals surface area contributed by atoms with Gasteiger partial charge in [0.15, 0.2) is 0 Å². The lowest BCUT2D eigenvalue weighted by atomic mass is 9.93. The molecule has 1 saturated carbocycles. The Bertz CT molecular complexity index is 986. The van der Waals surface area contributed by atoms with Crippen LogP contribution in [0.25, 0.3) is 6.08 Å². The number of rotatable bonds is 6. The zero-order chi connectivity index (χ0) is 20.9. The molecule has 1 aliphatic carbocycles. The Morgan fingerprint density at radius 1 is 1.10 bits per heavy atom. The lowest BCUT2D eigenvalue weighted by molar-refractivity contribution is -0.145. The van der Waals surface area contributed by atoms with E-state index < -0.39 is 28.1 Å². The first-order valence-corrected chi connectivity index (χ1v) is 11.4. The van der Waals surface area contributed by atoms with Gasteiger partial charge < -0.3 is 4.74 Å². The van der Waals surface area contributed by atoms with Crippen molar-refractivity contribution in [1.29, 1.82) is 0 Å². The van der Waals surface area contributed by atoms with Gasteiger partial charge in [-0.3, -0.25) is 0 Å². The first kappa shape index (κ1) is 21.6. The van der Waals surface area contributed by atoms with E-state index in [9.17, 15) is 13.2 Å². The largest absolute Gasteiger partial charge is 0.458 e. The van der Waals surface area contributed by atoms with Gasteiger partial charge in [0, 0.05) is 11.1 Å². The van der Waals surface area contributed by atoms with E-state index in [1.54, 1.807) is 42.5 Å². The Balaban J connectivity index is 1.67. The van der Waals surface area contributed by atoms with Crippen molar-refractivity contribution in [3.05, 3.63) is 70.8 Å². The van der Waals surface area contributed by atoms with E-state index >= 15 is 0 Å². The summed E-state index contributed by atoms with van der Waals surface area (Å²) < 4.78 is 33.7. The zero-order valence-electron chi connectivity index (χ0n) is 16.2. The molecule has 0 saturated heterocycles. The van der Waals surface area contributed by atoms with Crippen LogP contribution in [0.4, 0.5) is 0 Å². The second-order valence-electron chi connectivity index (χ2n) is 7.16. The molecule has 154 valence electrons. The Morgan fingerprint density at radius 2 is 1.79 bits per heavy atom. The normalized spacial score (nSPS) is 19.9. The van der Waals surface area contributed by atoms with Crippen molar-refractivity contribution in [2.24, 2.45) is 0 Å². The molecule has 5 nitrogen and oxygen atoms in total. The number of aryl methyl sites for hydroxylation is 1. The number of sulfonamides is 1. The average Bonchev–Trinajstić information content (AvgIpc) is 2.69. The Morgan fingerprint density at radius 3 is 2.52 bits per heavy atom. The first-order chi connectivity index (χ1) is 13.8. The van der Waals surface area contributed by atoms with Crippen LogP contribution in [0, 0.1) is 6.92 Å². The summed E-state index contributed by atoms with van der Waals surface area (Å²) in [6, 6.07) is 13.4. The third kappa shape index (κ3) is 5.92. The maximum atomic E-state index is 12.7. The molecule has 2 atom stereocenters. The second-order valence-corrected chi connectivity index (χ2v) is 9.28. The SMILES string of the molecule is Cc1ccc(S(=O)(=O)N[C@@H]2CCCC[C@H]2OC(=O)/C=C/c2ccccc2Cl)cc1. The van der Waals surface area contributed by atoms with Crippen LogP contribution < -0.4 is 4.72 Å². The fourth-order valence-corrected chi connectivity index (χ4v) is 4.81. The van der Waals surface area contributed by atoms with Gasteiger partial charge in [0.2, 0.25) is 10.0 Å². The van der Waals surface area contributed by atoms with Crippen LogP contribution in [0.3, 0.4) is 0 Å². The number of carbonyl (C=O) groups excluding carboxylic acids is 1. The molecule has 1 aliphatic rings. The van der Waals surface area contributed by atoms with Crippen LogP contribution in [0.2, 0.25) is 5.02 Å². The molecule has 0 unspecified atom stereocenters. The average molecular weight is 434 g/mol. The van der Waals surface area contributed by atoms with Crippen LogP contribution in [-0.4, -0.2) is 26.5 Å². The predicted octanol–water partition coefficient (Wildman–Crippen LogP) is 4.49. The quantitative estimate of drug-likeness (QED) is 0.538. The minimum Gasteiger partial charge on any atom is -0.458 e. The number of hydrogen-bond donors (Lipinski definition) is 1. The minimum absolute atomic E-state index is 0.206. The lowest BCUT2D eigenvalue weighted by Crippen LogP contribution is -2.46. The molecule has 0 radical (unpaired) electrons. The highest BCUT2D eigenvalue weighted by Gasteiger charge is 2.31. The van der Waals surface area contributed by atoms with Crippen molar-refractivity contribution in [2.45, 2.75) is 49.6 Å². The van der Waals surface area contributed by atoms with Gasteiger partial charge in [-0.2, -0.15) is 0 Å². The van der Waals surface area contributed by atoms with Gasteiger partial charge in [-0.1, -0.05) is 53.9 Å². The molecule has 0 aliphatic heterocycles. The van der Waals surface area contributed by atoms with Gasteiger partial charge >= 0.3 is 5.97 Å². The van der Waals surface area contributed by atoms with E-state index in [-0.39, 0.29) is 4.90 Å². The Hall–Kier alpha value is -2.15. The maximum absolute atomic E-state index is 12.7. The summed E-state index contributed by atoms with van der Waals surface area (Å²) in [5.74, 6) is -0.517. The van der Waals surface area contributed by atoms with Crippen molar-refractivity contribution < 1.29 is 17.9 Å². The van der Waals surface area contributed by atoms with Gasteiger partial charge in [0.05, 0.1) is 10.9 Å². The van der Waals surface area contributed by atoms with E-state index in [0.29, 0.717) is 23.4 Å². The number of ether oxygens (including phenoxy) is 1. The number of nitrogens with one attached hydrogen (secondary N) is 1. The smallest absolute Gasteiger partial charge is 0.331 e. The van der Waals surface area contributed by atoms with Crippen molar-refractivity contribution in [3.63, 3.8) is 0 Å². The van der Waals surface area contributed by atoms with E-state index in [4.69, 9.17) is 16.3 Å². The standard InChI is InChI=1S/C22H24ClNO4S/c1-16-10-13-18(14-11-16)29(26,27)24-20-8-4-5-9-21(20)28-22(25)15-12-17-6-2-3-7-19(17)23/h2-3,6-7,10-15,20-21,24H,4-5,8-9H2,1H3/b15-12+/t20-,21-/m1/s1. The molecule has 0 bridgehead atoms. The molecule has 3 rings (SSSR count). The number of hydrogen-bond acceptors (Lipinski definition) is 4. The van der Waals surface area contributed by atoms with Crippen LogP contribution in [-0.2, 0) is 19.6 Å². The molecule has 7 heteroatoms. The van der Waals surface area contributed by atoms with Gasteiger partial charge in [-0.25, -0.2) is 17.9 Å². The molecule has 0 spiro atoms. The molecule has 2 aromatic carbocycles. The van der Waals surface area contributed by atoms with Crippen molar-refractivity contribution in [1.82, 2.24) is 4.72 Å². The first-order valence-electron chi connectivity index (χ1n) is 9.57. The highest BCUT2D eigenvalue weighted by molar-refractivity contribution is 7.89. The summed E-state index contributed by atoms with van der Waals surface area (Å²) in [5.41, 5.74) is 1.70. The molecule has 1 N–H and O–H groups in total.